The molecule has 0 fully saturated rings. The number of aliphatic hydroxyl groups is 1. The Kier molecular flexibility index (Phi) is 5.12. The molecular weight excluding hydrogens is 285 g/mol. The lowest BCUT2D eigenvalue weighted by Crippen LogP contribution is -2.37. The molecule has 5 heteroatoms. The van der Waals surface area contributed by atoms with E-state index in [9.17, 15) is 14.3 Å². The molecule has 0 aliphatic rings. The topological polar surface area (TPSA) is 58.6 Å². The molecule has 0 aliphatic heterocycles. The van der Waals surface area contributed by atoms with Crippen molar-refractivity contribution in [2.45, 2.75) is 19.1 Å². The molecule has 0 heterocycles. The zero-order valence-corrected chi connectivity index (χ0v) is 12.4. The van der Waals surface area contributed by atoms with Gasteiger partial charge in [-0.1, -0.05) is 18.2 Å². The molecule has 2 N–H and O–H groups in total. The number of aliphatic hydroxyl groups excluding tert-OH is 1. The molecule has 116 valence electrons. The Labute approximate surface area is 128 Å². The number of halogens is 1. The first-order chi connectivity index (χ1) is 10.5. The molecule has 0 saturated carbocycles. The molecule has 0 radical (unpaired) electrons. The van der Waals surface area contributed by atoms with E-state index in [2.05, 4.69) is 5.32 Å². The Morgan fingerprint density at radius 1 is 1.23 bits per heavy atom. The average Bonchev–Trinajstić information content (AvgIpc) is 2.54. The quantitative estimate of drug-likeness (QED) is 0.893. The van der Waals surface area contributed by atoms with Gasteiger partial charge in [0, 0.05) is 5.56 Å². The third-order valence-electron chi connectivity index (χ3n) is 3.38. The third kappa shape index (κ3) is 3.83. The number of methoxy groups -OCH3 is 1. The second-order valence-corrected chi connectivity index (χ2v) is 4.99. The van der Waals surface area contributed by atoms with Crippen molar-refractivity contribution in [2.75, 3.05) is 7.11 Å². The highest BCUT2D eigenvalue weighted by Crippen LogP contribution is 2.18. The van der Waals surface area contributed by atoms with Crippen molar-refractivity contribution >= 4 is 5.91 Å². The van der Waals surface area contributed by atoms with Crippen LogP contribution in [0.4, 0.5) is 4.39 Å². The fraction of sp³-hybridized carbons (Fsp3) is 0.235. The summed E-state index contributed by atoms with van der Waals surface area (Å²) in [7, 11) is 1.53. The highest BCUT2D eigenvalue weighted by molar-refractivity contribution is 5.94. The zero-order valence-electron chi connectivity index (χ0n) is 12.4. The van der Waals surface area contributed by atoms with E-state index in [1.807, 2.05) is 0 Å². The smallest absolute Gasteiger partial charge is 0.251 e. The Balaban J connectivity index is 2.05. The lowest BCUT2D eigenvalue weighted by molar-refractivity contribution is 0.0851. The molecule has 0 spiro atoms. The van der Waals surface area contributed by atoms with E-state index >= 15 is 0 Å². The molecule has 0 saturated heterocycles. The number of carbonyl (C=O) groups excluding carboxylic acids is 1. The van der Waals surface area contributed by atoms with E-state index in [0.717, 1.165) is 0 Å². The maximum Gasteiger partial charge on any atom is 0.251 e. The minimum absolute atomic E-state index is 0.312. The molecular formula is C17H18FNO3. The van der Waals surface area contributed by atoms with Crippen molar-refractivity contribution in [1.82, 2.24) is 5.32 Å². The monoisotopic (exact) mass is 303 g/mol. The van der Waals surface area contributed by atoms with Crippen LogP contribution in [0, 0.1) is 5.82 Å². The first kappa shape index (κ1) is 16.0. The molecule has 2 aromatic rings. The minimum atomic E-state index is -0.921. The zero-order chi connectivity index (χ0) is 16.1. The number of nitrogens with one attached hydrogen (secondary N) is 1. The Morgan fingerprint density at radius 3 is 2.55 bits per heavy atom. The molecule has 4 nitrogen and oxygen atoms in total. The summed E-state index contributed by atoms with van der Waals surface area (Å²) >= 11 is 0. The highest BCUT2D eigenvalue weighted by Gasteiger charge is 2.19. The fourth-order valence-electron chi connectivity index (χ4n) is 2.08. The number of carbonyl (C=O) groups is 1. The van der Waals surface area contributed by atoms with Crippen molar-refractivity contribution in [1.29, 1.82) is 0 Å². The molecule has 0 aliphatic carbocycles. The summed E-state index contributed by atoms with van der Waals surface area (Å²) in [6.07, 6.45) is -0.921. The second kappa shape index (κ2) is 7.04. The number of amides is 1. The van der Waals surface area contributed by atoms with Crippen LogP contribution in [0.15, 0.2) is 48.5 Å². The van der Waals surface area contributed by atoms with Gasteiger partial charge in [-0.3, -0.25) is 4.79 Å². The number of ether oxygens (including phenoxy) is 1. The third-order valence-corrected chi connectivity index (χ3v) is 3.38. The molecule has 0 aromatic heterocycles. The van der Waals surface area contributed by atoms with Crippen molar-refractivity contribution in [3.05, 3.63) is 65.5 Å². The van der Waals surface area contributed by atoms with Crippen LogP contribution in [0.2, 0.25) is 0 Å². The van der Waals surface area contributed by atoms with Crippen LogP contribution in [-0.4, -0.2) is 24.2 Å². The van der Waals surface area contributed by atoms with Gasteiger partial charge in [0.05, 0.1) is 19.3 Å². The maximum absolute atomic E-state index is 12.9. The van der Waals surface area contributed by atoms with E-state index < -0.39 is 12.1 Å². The van der Waals surface area contributed by atoms with Crippen LogP contribution < -0.4 is 10.1 Å². The summed E-state index contributed by atoms with van der Waals surface area (Å²) in [5.74, 6) is -0.101. The van der Waals surface area contributed by atoms with E-state index in [-0.39, 0.29) is 11.7 Å². The first-order valence-corrected chi connectivity index (χ1v) is 6.89. The molecule has 0 unspecified atom stereocenters. The first-order valence-electron chi connectivity index (χ1n) is 6.89. The van der Waals surface area contributed by atoms with Crippen LogP contribution >= 0.6 is 0 Å². The van der Waals surface area contributed by atoms with Crippen LogP contribution in [0.25, 0.3) is 0 Å². The lowest BCUT2D eigenvalue weighted by atomic mass is 10.0. The van der Waals surface area contributed by atoms with Gasteiger partial charge in [-0.05, 0) is 42.8 Å². The van der Waals surface area contributed by atoms with Gasteiger partial charge in [0.15, 0.2) is 0 Å². The summed E-state index contributed by atoms with van der Waals surface area (Å²) < 4.78 is 18.0. The van der Waals surface area contributed by atoms with E-state index in [1.54, 1.807) is 31.2 Å². The lowest BCUT2D eigenvalue weighted by Gasteiger charge is -2.20. The van der Waals surface area contributed by atoms with Gasteiger partial charge in [-0.15, -0.1) is 0 Å². The summed E-state index contributed by atoms with van der Waals surface area (Å²) in [5.41, 5.74) is 0.984. The average molecular weight is 303 g/mol. The van der Waals surface area contributed by atoms with Gasteiger partial charge >= 0.3 is 0 Å². The Morgan fingerprint density at radius 2 is 1.91 bits per heavy atom. The van der Waals surface area contributed by atoms with Crippen LogP contribution in [0.3, 0.4) is 0 Å². The van der Waals surface area contributed by atoms with Crippen molar-refractivity contribution < 1.29 is 19.0 Å². The van der Waals surface area contributed by atoms with Crippen molar-refractivity contribution in [2.24, 2.45) is 0 Å². The summed E-state index contributed by atoms with van der Waals surface area (Å²) in [4.78, 5) is 12.2. The van der Waals surface area contributed by atoms with Gasteiger partial charge in [0.1, 0.15) is 11.6 Å². The molecule has 1 amide bonds. The minimum Gasteiger partial charge on any atom is -0.497 e. The van der Waals surface area contributed by atoms with E-state index in [4.69, 9.17) is 4.74 Å². The van der Waals surface area contributed by atoms with Crippen molar-refractivity contribution in [3.8, 4) is 5.75 Å². The predicted molar refractivity (Wildman–Crippen MR) is 81.3 cm³/mol. The molecule has 2 rings (SSSR count). The van der Waals surface area contributed by atoms with Crippen LogP contribution in [0.1, 0.15) is 28.9 Å². The molecule has 2 aromatic carbocycles. The number of hydrogen-bond donors (Lipinski definition) is 2. The van der Waals surface area contributed by atoms with Crippen LogP contribution in [-0.2, 0) is 0 Å². The normalized spacial score (nSPS) is 13.3. The SMILES string of the molecule is COc1cccc(C(=O)N[C@H](C)[C@H](O)c2ccc(F)cc2)c1. The summed E-state index contributed by atoms with van der Waals surface area (Å²) in [6.45, 7) is 1.69. The standard InChI is InChI=1S/C17H18FNO3/c1-11(16(20)12-6-8-14(18)9-7-12)19-17(21)13-4-3-5-15(10-13)22-2/h3-11,16,20H,1-2H3,(H,19,21)/t11-,16+/m1/s1. The summed E-state index contributed by atoms with van der Waals surface area (Å²) in [5, 5.41) is 12.9. The summed E-state index contributed by atoms with van der Waals surface area (Å²) in [6, 6.07) is 11.8. The number of benzene rings is 2. The largest absolute Gasteiger partial charge is 0.497 e. The van der Waals surface area contributed by atoms with E-state index in [1.165, 1.54) is 31.4 Å². The van der Waals surface area contributed by atoms with Gasteiger partial charge < -0.3 is 15.2 Å². The molecule has 22 heavy (non-hydrogen) atoms. The molecule has 0 bridgehead atoms. The van der Waals surface area contributed by atoms with Gasteiger partial charge in [0.2, 0.25) is 0 Å². The van der Waals surface area contributed by atoms with Crippen molar-refractivity contribution in [3.63, 3.8) is 0 Å². The number of rotatable bonds is 5. The van der Waals surface area contributed by atoms with Gasteiger partial charge in [0.25, 0.3) is 5.91 Å². The maximum atomic E-state index is 12.9. The van der Waals surface area contributed by atoms with Gasteiger partial charge in [-0.2, -0.15) is 0 Å². The fourth-order valence-corrected chi connectivity index (χ4v) is 2.08. The Bertz CT molecular complexity index is 643. The van der Waals surface area contributed by atoms with Gasteiger partial charge in [-0.25, -0.2) is 4.39 Å². The number of hydrogen-bond acceptors (Lipinski definition) is 3. The second-order valence-electron chi connectivity index (χ2n) is 4.99. The highest BCUT2D eigenvalue weighted by atomic mass is 19.1. The predicted octanol–water partition coefficient (Wildman–Crippen LogP) is 2.69. The van der Waals surface area contributed by atoms with Crippen LogP contribution in [0.5, 0.6) is 5.75 Å². The molecule has 2 atom stereocenters. The van der Waals surface area contributed by atoms with E-state index in [0.29, 0.717) is 16.9 Å². The Hall–Kier alpha value is -2.40.